The molecule has 0 spiro atoms. The number of aromatic nitrogens is 1. The zero-order chi connectivity index (χ0) is 17.8. The fourth-order valence-electron chi connectivity index (χ4n) is 3.01. The van der Waals surface area contributed by atoms with E-state index in [1.165, 1.54) is 12.5 Å². The average molecular weight is 338 g/mol. The number of carbonyl (C=O) groups is 2. The zero-order valence-corrected chi connectivity index (χ0v) is 14.5. The van der Waals surface area contributed by atoms with Gasteiger partial charge in [0.25, 0.3) is 0 Å². The maximum Gasteiger partial charge on any atom is 0.247 e. The van der Waals surface area contributed by atoms with Crippen LogP contribution < -0.4 is 10.6 Å². The van der Waals surface area contributed by atoms with E-state index in [0.29, 0.717) is 24.5 Å². The molecule has 1 atom stereocenters. The van der Waals surface area contributed by atoms with Gasteiger partial charge in [0.1, 0.15) is 6.04 Å². The number of hydrogen-bond donors (Lipinski definition) is 2. The lowest BCUT2D eigenvalue weighted by Gasteiger charge is -2.23. The molecule has 130 valence electrons. The van der Waals surface area contributed by atoms with E-state index in [9.17, 15) is 9.59 Å². The molecule has 0 saturated carbocycles. The molecule has 25 heavy (non-hydrogen) atoms. The van der Waals surface area contributed by atoms with Gasteiger partial charge >= 0.3 is 0 Å². The molecular formula is C19H22N4O2. The Balaban J connectivity index is 1.75. The van der Waals surface area contributed by atoms with E-state index in [-0.39, 0.29) is 11.8 Å². The highest BCUT2D eigenvalue weighted by Gasteiger charge is 2.32. The fourth-order valence-corrected chi connectivity index (χ4v) is 3.01. The molecule has 1 aromatic heterocycles. The number of pyridine rings is 1. The molecule has 0 bridgehead atoms. The van der Waals surface area contributed by atoms with Crippen LogP contribution in [0.2, 0.25) is 0 Å². The monoisotopic (exact) mass is 338 g/mol. The van der Waals surface area contributed by atoms with Crippen LogP contribution >= 0.6 is 0 Å². The Morgan fingerprint density at radius 1 is 1.20 bits per heavy atom. The van der Waals surface area contributed by atoms with Gasteiger partial charge in [0.2, 0.25) is 11.8 Å². The summed E-state index contributed by atoms with van der Waals surface area (Å²) in [4.78, 5) is 30.2. The summed E-state index contributed by atoms with van der Waals surface area (Å²) in [6.45, 7) is 4.16. The van der Waals surface area contributed by atoms with Crippen LogP contribution in [0.5, 0.6) is 0 Å². The van der Waals surface area contributed by atoms with Crippen molar-refractivity contribution < 1.29 is 9.59 Å². The molecule has 2 heterocycles. The second-order valence-corrected chi connectivity index (χ2v) is 6.25. The Morgan fingerprint density at radius 3 is 2.68 bits per heavy atom. The minimum Gasteiger partial charge on any atom is -0.339 e. The second-order valence-electron chi connectivity index (χ2n) is 6.25. The molecule has 1 fully saturated rings. The summed E-state index contributed by atoms with van der Waals surface area (Å²) in [6, 6.07) is 11.1. The van der Waals surface area contributed by atoms with E-state index in [0.717, 1.165) is 12.1 Å². The number of likely N-dealkylation sites (tertiary alicyclic amines) is 1. The third-order valence-corrected chi connectivity index (χ3v) is 4.34. The quantitative estimate of drug-likeness (QED) is 0.898. The Bertz CT molecular complexity index is 773. The van der Waals surface area contributed by atoms with Crippen molar-refractivity contribution in [2.24, 2.45) is 0 Å². The first-order valence-electron chi connectivity index (χ1n) is 8.41. The Morgan fingerprint density at radius 2 is 1.96 bits per heavy atom. The summed E-state index contributed by atoms with van der Waals surface area (Å²) in [7, 11) is 0. The van der Waals surface area contributed by atoms with Crippen LogP contribution in [0.1, 0.15) is 25.3 Å². The number of anilines is 3. The van der Waals surface area contributed by atoms with Crippen LogP contribution in [-0.4, -0.2) is 34.3 Å². The van der Waals surface area contributed by atoms with Gasteiger partial charge in [-0.3, -0.25) is 9.59 Å². The van der Waals surface area contributed by atoms with Gasteiger partial charge in [-0.15, -0.1) is 0 Å². The summed E-state index contributed by atoms with van der Waals surface area (Å²) < 4.78 is 0. The summed E-state index contributed by atoms with van der Waals surface area (Å²) in [5.74, 6) is 0.335. The highest BCUT2D eigenvalue weighted by molar-refractivity contribution is 5.99. The summed E-state index contributed by atoms with van der Waals surface area (Å²) in [5.41, 5.74) is 2.67. The van der Waals surface area contributed by atoms with Crippen LogP contribution in [0, 0.1) is 6.92 Å². The molecule has 0 radical (unpaired) electrons. The minimum atomic E-state index is -0.412. The molecule has 2 N–H and O–H groups in total. The lowest BCUT2D eigenvalue weighted by atomic mass is 10.2. The van der Waals surface area contributed by atoms with Crippen LogP contribution in [-0.2, 0) is 9.59 Å². The van der Waals surface area contributed by atoms with Crippen molar-refractivity contribution in [2.45, 2.75) is 32.7 Å². The van der Waals surface area contributed by atoms with Gasteiger partial charge in [-0.1, -0.05) is 17.7 Å². The van der Waals surface area contributed by atoms with Gasteiger partial charge in [0.05, 0.1) is 5.69 Å². The summed E-state index contributed by atoms with van der Waals surface area (Å²) >= 11 is 0. The Labute approximate surface area is 147 Å². The first-order valence-corrected chi connectivity index (χ1v) is 8.41. The van der Waals surface area contributed by atoms with Crippen LogP contribution in [0.3, 0.4) is 0 Å². The summed E-state index contributed by atoms with van der Waals surface area (Å²) in [5, 5.41) is 6.13. The van der Waals surface area contributed by atoms with Crippen molar-refractivity contribution in [2.75, 3.05) is 17.2 Å². The molecule has 6 heteroatoms. The molecule has 3 rings (SSSR count). The van der Waals surface area contributed by atoms with Gasteiger partial charge in [-0.05, 0) is 44.0 Å². The van der Waals surface area contributed by atoms with Gasteiger partial charge < -0.3 is 15.5 Å². The second kappa shape index (κ2) is 7.34. The largest absolute Gasteiger partial charge is 0.339 e. The SMILES string of the molecule is CC(=O)N1CCC[C@H]1C(=O)Nc1cccnc1Nc1ccc(C)cc1. The number of carbonyl (C=O) groups excluding carboxylic acids is 2. The van der Waals surface area contributed by atoms with Crippen LogP contribution in [0.25, 0.3) is 0 Å². The van der Waals surface area contributed by atoms with E-state index in [1.54, 1.807) is 23.2 Å². The third-order valence-electron chi connectivity index (χ3n) is 4.34. The molecule has 1 saturated heterocycles. The predicted octanol–water partition coefficient (Wildman–Crippen LogP) is 3.08. The molecule has 2 aromatic rings. The van der Waals surface area contributed by atoms with E-state index < -0.39 is 6.04 Å². The molecule has 2 amide bonds. The van der Waals surface area contributed by atoms with Gasteiger partial charge in [0.15, 0.2) is 5.82 Å². The number of benzene rings is 1. The van der Waals surface area contributed by atoms with Crippen LogP contribution in [0.15, 0.2) is 42.6 Å². The van der Waals surface area contributed by atoms with Crippen LogP contribution in [0.4, 0.5) is 17.2 Å². The van der Waals surface area contributed by atoms with E-state index in [1.807, 2.05) is 31.2 Å². The lowest BCUT2D eigenvalue weighted by Crippen LogP contribution is -2.42. The molecule has 1 aromatic carbocycles. The molecule has 0 unspecified atom stereocenters. The maximum atomic E-state index is 12.6. The number of aryl methyl sites for hydroxylation is 1. The van der Waals surface area contributed by atoms with Crippen molar-refractivity contribution in [3.8, 4) is 0 Å². The van der Waals surface area contributed by atoms with Gasteiger partial charge in [0, 0.05) is 25.4 Å². The number of amides is 2. The first-order chi connectivity index (χ1) is 12.0. The van der Waals surface area contributed by atoms with Crippen molar-refractivity contribution in [3.63, 3.8) is 0 Å². The zero-order valence-electron chi connectivity index (χ0n) is 14.5. The number of hydrogen-bond acceptors (Lipinski definition) is 4. The van der Waals surface area contributed by atoms with E-state index in [2.05, 4.69) is 15.6 Å². The van der Waals surface area contributed by atoms with Gasteiger partial charge in [-0.25, -0.2) is 4.98 Å². The smallest absolute Gasteiger partial charge is 0.247 e. The van der Waals surface area contributed by atoms with E-state index in [4.69, 9.17) is 0 Å². The van der Waals surface area contributed by atoms with Gasteiger partial charge in [-0.2, -0.15) is 0 Å². The van der Waals surface area contributed by atoms with Crippen molar-refractivity contribution >= 4 is 29.0 Å². The standard InChI is InChI=1S/C19H22N4O2/c1-13-7-9-15(10-8-13)21-18-16(5-3-11-20-18)22-19(25)17-6-4-12-23(17)14(2)24/h3,5,7-11,17H,4,6,12H2,1-2H3,(H,20,21)(H,22,25)/t17-/m0/s1. The lowest BCUT2D eigenvalue weighted by molar-refractivity contribution is -0.134. The average Bonchev–Trinajstić information content (AvgIpc) is 3.09. The third kappa shape index (κ3) is 3.96. The Kier molecular flexibility index (Phi) is 4.97. The fraction of sp³-hybridized carbons (Fsp3) is 0.316. The predicted molar refractivity (Wildman–Crippen MR) is 97.7 cm³/mol. The van der Waals surface area contributed by atoms with Crippen molar-refractivity contribution in [1.29, 1.82) is 0 Å². The molecule has 6 nitrogen and oxygen atoms in total. The summed E-state index contributed by atoms with van der Waals surface area (Å²) in [6.07, 6.45) is 3.20. The molecule has 1 aliphatic heterocycles. The Hall–Kier alpha value is -2.89. The normalized spacial score (nSPS) is 16.6. The highest BCUT2D eigenvalue weighted by atomic mass is 16.2. The van der Waals surface area contributed by atoms with E-state index >= 15 is 0 Å². The number of nitrogens with zero attached hydrogens (tertiary/aromatic N) is 2. The first kappa shape index (κ1) is 17.0. The number of nitrogens with one attached hydrogen (secondary N) is 2. The highest BCUT2D eigenvalue weighted by Crippen LogP contribution is 2.25. The minimum absolute atomic E-state index is 0.0677. The maximum absolute atomic E-state index is 12.6. The molecule has 0 aliphatic carbocycles. The van der Waals surface area contributed by atoms with Crippen molar-refractivity contribution in [3.05, 3.63) is 48.2 Å². The molecule has 1 aliphatic rings. The molecular weight excluding hydrogens is 316 g/mol. The van der Waals surface area contributed by atoms with Crippen molar-refractivity contribution in [1.82, 2.24) is 9.88 Å². The number of rotatable bonds is 4. The topological polar surface area (TPSA) is 74.3 Å².